The van der Waals surface area contributed by atoms with Crippen LogP contribution in [-0.4, -0.2) is 39.1 Å². The lowest BCUT2D eigenvalue weighted by molar-refractivity contribution is -0.113. The molecule has 1 aromatic heterocycles. The van der Waals surface area contributed by atoms with E-state index >= 15 is 0 Å². The third-order valence-corrected chi connectivity index (χ3v) is 4.99. The van der Waals surface area contributed by atoms with E-state index < -0.39 is 0 Å². The molecule has 1 aliphatic heterocycles. The minimum atomic E-state index is -0.0911. The highest BCUT2D eigenvalue weighted by molar-refractivity contribution is 7.99. The van der Waals surface area contributed by atoms with Crippen molar-refractivity contribution in [2.24, 2.45) is 0 Å². The van der Waals surface area contributed by atoms with Gasteiger partial charge in [0.1, 0.15) is 5.82 Å². The third kappa shape index (κ3) is 4.49. The molecule has 0 saturated carbocycles. The Morgan fingerprint density at radius 1 is 1.42 bits per heavy atom. The van der Waals surface area contributed by atoms with Crippen molar-refractivity contribution in [3.8, 4) is 0 Å². The molecule has 2 heterocycles. The summed E-state index contributed by atoms with van der Waals surface area (Å²) in [6, 6.07) is 7.03. The van der Waals surface area contributed by atoms with Crippen LogP contribution in [0.15, 0.2) is 29.4 Å². The van der Waals surface area contributed by atoms with E-state index in [9.17, 15) is 4.79 Å². The highest BCUT2D eigenvalue weighted by atomic mass is 35.5. The lowest BCUT2D eigenvalue weighted by atomic mass is 10.2. The molecular weight excluding hydrogens is 348 g/mol. The molecule has 1 atom stereocenters. The number of carbonyl (C=O) groups excluding carboxylic acids is 1. The number of rotatable bonds is 6. The van der Waals surface area contributed by atoms with Gasteiger partial charge in [-0.15, -0.1) is 10.2 Å². The number of hydrogen-bond donors (Lipinski definition) is 1. The fourth-order valence-corrected chi connectivity index (χ4v) is 3.45. The number of carbonyl (C=O) groups is 1. The molecule has 6 nitrogen and oxygen atoms in total. The Balaban J connectivity index is 1.55. The highest BCUT2D eigenvalue weighted by Crippen LogP contribution is 2.21. The van der Waals surface area contributed by atoms with Gasteiger partial charge in [0.15, 0.2) is 5.16 Å². The molecule has 0 unspecified atom stereocenters. The lowest BCUT2D eigenvalue weighted by Crippen LogP contribution is -2.18. The zero-order valence-electron chi connectivity index (χ0n) is 13.4. The quantitative estimate of drug-likeness (QED) is 0.795. The van der Waals surface area contributed by atoms with Gasteiger partial charge < -0.3 is 14.6 Å². The number of halogens is 1. The Kier molecular flexibility index (Phi) is 5.76. The average molecular weight is 367 g/mol. The molecule has 1 fully saturated rings. The van der Waals surface area contributed by atoms with Crippen molar-refractivity contribution in [1.82, 2.24) is 14.8 Å². The number of anilines is 1. The van der Waals surface area contributed by atoms with E-state index in [4.69, 9.17) is 16.3 Å². The van der Waals surface area contributed by atoms with E-state index in [1.807, 2.05) is 11.5 Å². The number of aryl methyl sites for hydroxylation is 1. The Morgan fingerprint density at radius 2 is 2.21 bits per heavy atom. The van der Waals surface area contributed by atoms with Crippen molar-refractivity contribution in [1.29, 1.82) is 0 Å². The second-order valence-electron chi connectivity index (χ2n) is 5.62. The van der Waals surface area contributed by atoms with Gasteiger partial charge >= 0.3 is 0 Å². The van der Waals surface area contributed by atoms with E-state index in [2.05, 4.69) is 15.5 Å². The van der Waals surface area contributed by atoms with Crippen molar-refractivity contribution in [3.05, 3.63) is 35.1 Å². The first-order valence-corrected chi connectivity index (χ1v) is 9.18. The Morgan fingerprint density at radius 3 is 2.92 bits per heavy atom. The Bertz CT molecular complexity index is 699. The molecule has 1 aromatic carbocycles. The van der Waals surface area contributed by atoms with Gasteiger partial charge in [-0.1, -0.05) is 23.4 Å². The van der Waals surface area contributed by atoms with E-state index in [-0.39, 0.29) is 17.8 Å². The molecule has 1 aliphatic rings. The summed E-state index contributed by atoms with van der Waals surface area (Å²) < 4.78 is 7.70. The van der Waals surface area contributed by atoms with Crippen molar-refractivity contribution >= 4 is 35.0 Å². The maximum Gasteiger partial charge on any atom is 0.234 e. The van der Waals surface area contributed by atoms with Crippen LogP contribution >= 0.6 is 23.4 Å². The topological polar surface area (TPSA) is 69.0 Å². The van der Waals surface area contributed by atoms with Crippen LogP contribution in [0, 0.1) is 6.92 Å². The zero-order valence-corrected chi connectivity index (χ0v) is 14.9. The summed E-state index contributed by atoms with van der Waals surface area (Å²) in [6.45, 7) is 3.47. The first kappa shape index (κ1) is 17.3. The summed E-state index contributed by atoms with van der Waals surface area (Å²) in [6.07, 6.45) is 2.36. The number of nitrogens with zero attached hydrogens (tertiary/aromatic N) is 3. The number of ether oxygens (including phenoxy) is 1. The maximum atomic E-state index is 12.1. The van der Waals surface area contributed by atoms with Crippen LogP contribution in [0.2, 0.25) is 5.02 Å². The number of benzene rings is 1. The molecule has 24 heavy (non-hydrogen) atoms. The van der Waals surface area contributed by atoms with Gasteiger partial charge in [0.25, 0.3) is 0 Å². The molecule has 0 radical (unpaired) electrons. The molecule has 3 rings (SSSR count). The van der Waals surface area contributed by atoms with E-state index in [1.165, 1.54) is 11.8 Å². The summed E-state index contributed by atoms with van der Waals surface area (Å²) in [5.74, 6) is 1.02. The predicted molar refractivity (Wildman–Crippen MR) is 94.5 cm³/mol. The van der Waals surface area contributed by atoms with Crippen molar-refractivity contribution in [2.75, 3.05) is 17.7 Å². The smallest absolute Gasteiger partial charge is 0.234 e. The van der Waals surface area contributed by atoms with Crippen LogP contribution in [0.4, 0.5) is 5.69 Å². The first-order valence-electron chi connectivity index (χ1n) is 7.81. The van der Waals surface area contributed by atoms with Crippen LogP contribution in [0.25, 0.3) is 0 Å². The van der Waals surface area contributed by atoms with Gasteiger partial charge in [-0.3, -0.25) is 4.79 Å². The first-order chi connectivity index (χ1) is 11.6. The minimum absolute atomic E-state index is 0.0911. The van der Waals surface area contributed by atoms with Gasteiger partial charge in [-0.25, -0.2) is 0 Å². The summed E-state index contributed by atoms with van der Waals surface area (Å²) in [4.78, 5) is 12.1. The molecule has 0 bridgehead atoms. The predicted octanol–water partition coefficient (Wildman–Crippen LogP) is 3.15. The number of hydrogen-bond acceptors (Lipinski definition) is 5. The van der Waals surface area contributed by atoms with Crippen molar-refractivity contribution < 1.29 is 9.53 Å². The summed E-state index contributed by atoms with van der Waals surface area (Å²) >= 11 is 7.21. The largest absolute Gasteiger partial charge is 0.376 e. The summed E-state index contributed by atoms with van der Waals surface area (Å²) in [7, 11) is 0. The molecule has 0 spiro atoms. The lowest BCUT2D eigenvalue weighted by Gasteiger charge is -2.13. The Hall–Kier alpha value is -1.57. The normalized spacial score (nSPS) is 17.2. The second kappa shape index (κ2) is 8.00. The molecule has 8 heteroatoms. The van der Waals surface area contributed by atoms with Gasteiger partial charge in [-0.2, -0.15) is 0 Å². The van der Waals surface area contributed by atoms with E-state index in [1.54, 1.807) is 24.3 Å². The van der Waals surface area contributed by atoms with Gasteiger partial charge in [-0.05, 0) is 44.0 Å². The van der Waals surface area contributed by atoms with Crippen LogP contribution in [-0.2, 0) is 16.1 Å². The third-order valence-electron chi connectivity index (χ3n) is 3.77. The van der Waals surface area contributed by atoms with E-state index in [0.29, 0.717) is 5.02 Å². The SMILES string of the molecule is Cc1nnc(SCC(=O)Nc2ccc(Cl)cc2)n1C[C@H]1CCCO1. The van der Waals surface area contributed by atoms with Crippen LogP contribution in [0.1, 0.15) is 18.7 Å². The summed E-state index contributed by atoms with van der Waals surface area (Å²) in [5.41, 5.74) is 0.724. The van der Waals surface area contributed by atoms with Crippen LogP contribution in [0.3, 0.4) is 0 Å². The molecule has 1 saturated heterocycles. The standard InChI is InChI=1S/C16H19ClN4O2S/c1-11-19-20-16(21(11)9-14-3-2-8-23-14)24-10-15(22)18-13-6-4-12(17)5-7-13/h4-7,14H,2-3,8-10H2,1H3,(H,18,22)/t14-/m1/s1. The summed E-state index contributed by atoms with van der Waals surface area (Å²) in [5, 5.41) is 12.5. The number of nitrogens with one attached hydrogen (secondary N) is 1. The van der Waals surface area contributed by atoms with Crippen LogP contribution < -0.4 is 5.32 Å². The fraction of sp³-hybridized carbons (Fsp3) is 0.438. The second-order valence-corrected chi connectivity index (χ2v) is 7.00. The Labute approximate surface area is 149 Å². The molecule has 2 aromatic rings. The molecule has 0 aliphatic carbocycles. The van der Waals surface area contributed by atoms with Gasteiger partial charge in [0.05, 0.1) is 18.4 Å². The number of amides is 1. The van der Waals surface area contributed by atoms with Crippen molar-refractivity contribution in [2.45, 2.75) is 37.6 Å². The fourth-order valence-electron chi connectivity index (χ4n) is 2.53. The van der Waals surface area contributed by atoms with Crippen molar-refractivity contribution in [3.63, 3.8) is 0 Å². The molecule has 1 N–H and O–H groups in total. The van der Waals surface area contributed by atoms with Gasteiger partial charge in [0, 0.05) is 17.3 Å². The average Bonchev–Trinajstić information content (AvgIpc) is 3.19. The number of thioether (sulfide) groups is 1. The molecule has 1 amide bonds. The number of aromatic nitrogens is 3. The molecule has 128 valence electrons. The molecular formula is C16H19ClN4O2S. The van der Waals surface area contributed by atoms with E-state index in [0.717, 1.165) is 42.7 Å². The van der Waals surface area contributed by atoms with Crippen LogP contribution in [0.5, 0.6) is 0 Å². The monoisotopic (exact) mass is 366 g/mol. The maximum absolute atomic E-state index is 12.1. The van der Waals surface area contributed by atoms with Gasteiger partial charge in [0.2, 0.25) is 5.91 Å². The minimum Gasteiger partial charge on any atom is -0.376 e. The zero-order chi connectivity index (χ0) is 16.9. The highest BCUT2D eigenvalue weighted by Gasteiger charge is 2.20.